The fraction of sp³-hybridized carbons (Fsp3) is 0.357. The molecular formula is C14H17NO2S. The van der Waals surface area contributed by atoms with Crippen LogP contribution in [-0.4, -0.2) is 10.1 Å². The first-order valence-electron chi connectivity index (χ1n) is 5.83. The second-order valence-corrected chi connectivity index (χ2v) is 6.14. The summed E-state index contributed by atoms with van der Waals surface area (Å²) in [5, 5.41) is 9.65. The van der Waals surface area contributed by atoms with Crippen LogP contribution >= 0.6 is 11.8 Å². The van der Waals surface area contributed by atoms with Gasteiger partial charge in [-0.2, -0.15) is 0 Å². The third-order valence-electron chi connectivity index (χ3n) is 2.51. The quantitative estimate of drug-likeness (QED) is 0.851. The second kappa shape index (κ2) is 5.06. The fourth-order valence-corrected chi connectivity index (χ4v) is 2.25. The Hall–Kier alpha value is -1.42. The molecule has 1 heterocycles. The van der Waals surface area contributed by atoms with E-state index < -0.39 is 0 Å². The van der Waals surface area contributed by atoms with E-state index in [-0.39, 0.29) is 5.41 Å². The van der Waals surface area contributed by atoms with Crippen LogP contribution in [0, 0.1) is 0 Å². The van der Waals surface area contributed by atoms with Gasteiger partial charge >= 0.3 is 0 Å². The van der Waals surface area contributed by atoms with Crippen LogP contribution in [0.1, 0.15) is 32.4 Å². The highest BCUT2D eigenvalue weighted by Crippen LogP contribution is 2.31. The van der Waals surface area contributed by atoms with Crippen molar-refractivity contribution in [2.45, 2.75) is 36.8 Å². The number of aromatic nitrogens is 1. The lowest BCUT2D eigenvalue weighted by Crippen LogP contribution is -2.09. The number of rotatable bonds is 3. The zero-order chi connectivity index (χ0) is 13.2. The summed E-state index contributed by atoms with van der Waals surface area (Å²) in [7, 11) is 0. The van der Waals surface area contributed by atoms with Gasteiger partial charge in [0.2, 0.25) is 5.89 Å². The summed E-state index contributed by atoms with van der Waals surface area (Å²) in [6.07, 6.45) is 1.78. The molecule has 0 aliphatic heterocycles. The second-order valence-electron chi connectivity index (χ2n) is 5.12. The average molecular weight is 263 g/mol. The minimum absolute atomic E-state index is 0.0230. The number of benzene rings is 1. The summed E-state index contributed by atoms with van der Waals surface area (Å²) in [4.78, 5) is 5.10. The molecule has 0 atom stereocenters. The topological polar surface area (TPSA) is 46.3 Å². The van der Waals surface area contributed by atoms with Gasteiger partial charge in [-0.3, -0.25) is 0 Å². The molecule has 0 amide bonds. The highest BCUT2D eigenvalue weighted by Gasteiger charge is 2.19. The predicted molar refractivity (Wildman–Crippen MR) is 72.9 cm³/mol. The average Bonchev–Trinajstić information content (AvgIpc) is 2.76. The van der Waals surface area contributed by atoms with Gasteiger partial charge in [-0.15, -0.1) is 11.8 Å². The van der Waals surface area contributed by atoms with E-state index in [0.29, 0.717) is 17.4 Å². The van der Waals surface area contributed by atoms with Gasteiger partial charge in [0.15, 0.2) is 0 Å². The predicted octanol–water partition coefficient (Wildman–Crippen LogP) is 3.97. The summed E-state index contributed by atoms with van der Waals surface area (Å²) >= 11 is 1.52. The molecule has 96 valence electrons. The molecule has 1 aromatic carbocycles. The number of hydrogen-bond donors (Lipinski definition) is 1. The third kappa shape index (κ3) is 3.07. The Morgan fingerprint density at radius 2 is 2.00 bits per heavy atom. The van der Waals surface area contributed by atoms with Crippen LogP contribution in [0.15, 0.2) is 39.8 Å². The molecule has 4 heteroatoms. The minimum atomic E-state index is -0.0230. The maximum absolute atomic E-state index is 9.65. The fourth-order valence-electron chi connectivity index (χ4n) is 1.44. The van der Waals surface area contributed by atoms with E-state index >= 15 is 0 Å². The maximum atomic E-state index is 9.65. The van der Waals surface area contributed by atoms with Crippen LogP contribution in [0.2, 0.25) is 0 Å². The van der Waals surface area contributed by atoms with Crippen molar-refractivity contribution in [3.05, 3.63) is 42.1 Å². The Morgan fingerprint density at radius 1 is 1.28 bits per heavy atom. The van der Waals surface area contributed by atoms with Crippen LogP contribution in [0.3, 0.4) is 0 Å². The van der Waals surface area contributed by atoms with Gasteiger partial charge in [-0.1, -0.05) is 32.9 Å². The van der Waals surface area contributed by atoms with Crippen LogP contribution in [0.5, 0.6) is 5.75 Å². The summed E-state index contributed by atoms with van der Waals surface area (Å²) in [6, 6.07) is 7.27. The SMILES string of the molecule is CC(C)(C)c1cnc(CSc2ccccc2O)o1. The van der Waals surface area contributed by atoms with Crippen molar-refractivity contribution in [3.8, 4) is 5.75 Å². The zero-order valence-corrected chi connectivity index (χ0v) is 11.6. The number of hydrogen-bond acceptors (Lipinski definition) is 4. The summed E-state index contributed by atoms with van der Waals surface area (Å²) < 4.78 is 5.70. The number of nitrogens with zero attached hydrogens (tertiary/aromatic N) is 1. The number of thioether (sulfide) groups is 1. The summed E-state index contributed by atoms with van der Waals surface area (Å²) in [5.41, 5.74) is -0.0230. The Bertz CT molecular complexity index is 529. The number of aromatic hydroxyl groups is 1. The molecule has 0 aliphatic rings. The largest absolute Gasteiger partial charge is 0.507 e. The van der Waals surface area contributed by atoms with E-state index in [1.165, 1.54) is 11.8 Å². The van der Waals surface area contributed by atoms with E-state index in [1.807, 2.05) is 18.2 Å². The van der Waals surface area contributed by atoms with Gasteiger partial charge in [0.25, 0.3) is 0 Å². The molecule has 0 bridgehead atoms. The van der Waals surface area contributed by atoms with Crippen LogP contribution < -0.4 is 0 Å². The molecule has 1 aromatic heterocycles. The Balaban J connectivity index is 2.03. The molecule has 0 spiro atoms. The van der Waals surface area contributed by atoms with Gasteiger partial charge in [0.1, 0.15) is 11.5 Å². The molecule has 18 heavy (non-hydrogen) atoms. The normalized spacial score (nSPS) is 11.7. The molecule has 0 unspecified atom stereocenters. The van der Waals surface area contributed by atoms with Crippen molar-refractivity contribution in [1.29, 1.82) is 0 Å². The number of phenols is 1. The van der Waals surface area contributed by atoms with E-state index in [4.69, 9.17) is 4.42 Å². The minimum Gasteiger partial charge on any atom is -0.507 e. The van der Waals surface area contributed by atoms with Gasteiger partial charge < -0.3 is 9.52 Å². The Labute approximate surface area is 111 Å². The molecule has 3 nitrogen and oxygen atoms in total. The van der Waals surface area contributed by atoms with Gasteiger partial charge in [-0.05, 0) is 12.1 Å². The molecule has 2 aromatic rings. The van der Waals surface area contributed by atoms with Crippen molar-refractivity contribution in [1.82, 2.24) is 4.98 Å². The van der Waals surface area contributed by atoms with Crippen molar-refractivity contribution in [2.24, 2.45) is 0 Å². The molecule has 0 radical (unpaired) electrons. The van der Waals surface area contributed by atoms with E-state index in [9.17, 15) is 5.11 Å². The van der Waals surface area contributed by atoms with Crippen LogP contribution in [0.25, 0.3) is 0 Å². The summed E-state index contributed by atoms with van der Waals surface area (Å²) in [6.45, 7) is 6.27. The van der Waals surface area contributed by atoms with Crippen LogP contribution in [0.4, 0.5) is 0 Å². The lowest BCUT2D eigenvalue weighted by atomic mass is 9.94. The standard InChI is InChI=1S/C14H17NO2S/c1-14(2,3)12-8-15-13(17-12)9-18-11-7-5-4-6-10(11)16/h4-8,16H,9H2,1-3H3. The number of oxazole rings is 1. The third-order valence-corrected chi connectivity index (χ3v) is 3.56. The molecule has 2 rings (SSSR count). The molecular weight excluding hydrogens is 246 g/mol. The smallest absolute Gasteiger partial charge is 0.204 e. The van der Waals surface area contributed by atoms with Crippen molar-refractivity contribution in [2.75, 3.05) is 0 Å². The maximum Gasteiger partial charge on any atom is 0.204 e. The van der Waals surface area contributed by atoms with Crippen molar-refractivity contribution < 1.29 is 9.52 Å². The van der Waals surface area contributed by atoms with Gasteiger partial charge in [0, 0.05) is 10.3 Å². The molecule has 0 saturated carbocycles. The molecule has 0 aliphatic carbocycles. The van der Waals surface area contributed by atoms with E-state index in [2.05, 4.69) is 25.8 Å². The van der Waals surface area contributed by atoms with Gasteiger partial charge in [0.05, 0.1) is 11.9 Å². The highest BCUT2D eigenvalue weighted by molar-refractivity contribution is 7.98. The van der Waals surface area contributed by atoms with Gasteiger partial charge in [-0.25, -0.2) is 4.98 Å². The lowest BCUT2D eigenvalue weighted by molar-refractivity contribution is 0.390. The zero-order valence-electron chi connectivity index (χ0n) is 10.8. The molecule has 1 N–H and O–H groups in total. The molecule has 0 saturated heterocycles. The van der Waals surface area contributed by atoms with Crippen molar-refractivity contribution >= 4 is 11.8 Å². The molecule has 0 fully saturated rings. The Kier molecular flexibility index (Phi) is 3.66. The first-order valence-corrected chi connectivity index (χ1v) is 6.81. The number of para-hydroxylation sites is 1. The monoisotopic (exact) mass is 263 g/mol. The van der Waals surface area contributed by atoms with Crippen molar-refractivity contribution in [3.63, 3.8) is 0 Å². The lowest BCUT2D eigenvalue weighted by Gasteiger charge is -2.13. The van der Waals surface area contributed by atoms with E-state index in [1.54, 1.807) is 12.3 Å². The summed E-state index contributed by atoms with van der Waals surface area (Å²) in [5.74, 6) is 2.49. The first kappa shape index (κ1) is 13.0. The Morgan fingerprint density at radius 3 is 2.61 bits per heavy atom. The number of phenolic OH excluding ortho intramolecular Hbond substituents is 1. The van der Waals surface area contributed by atoms with Crippen LogP contribution in [-0.2, 0) is 11.2 Å². The first-order chi connectivity index (χ1) is 8.47. The van der Waals surface area contributed by atoms with E-state index in [0.717, 1.165) is 10.7 Å². The highest BCUT2D eigenvalue weighted by atomic mass is 32.2.